The maximum Gasteiger partial charge on any atom is 0.275 e. The monoisotopic (exact) mass is 249 g/mol. The average molecular weight is 249 g/mol. The Bertz CT molecular complexity index is 361. The fourth-order valence-corrected chi connectivity index (χ4v) is 2.34. The van der Waals surface area contributed by atoms with Gasteiger partial charge in [0.05, 0.1) is 0 Å². The summed E-state index contributed by atoms with van der Waals surface area (Å²) in [6.07, 6.45) is 0.912. The van der Waals surface area contributed by atoms with Crippen molar-refractivity contribution >= 4 is 5.91 Å². The highest BCUT2D eigenvalue weighted by atomic mass is 16.2. The number of piperazine rings is 1. The normalized spacial score (nSPS) is 16.4. The lowest BCUT2D eigenvalue weighted by atomic mass is 10.1. The number of benzene rings is 1. The van der Waals surface area contributed by atoms with Crippen molar-refractivity contribution in [2.75, 3.05) is 39.3 Å². The first-order chi connectivity index (χ1) is 8.84. The van der Waals surface area contributed by atoms with E-state index in [9.17, 15) is 4.79 Å². The van der Waals surface area contributed by atoms with Crippen molar-refractivity contribution in [3.8, 4) is 0 Å². The second-order valence-corrected chi connectivity index (χ2v) is 4.88. The lowest BCUT2D eigenvalue weighted by Gasteiger charge is -2.21. The molecule has 0 aromatic heterocycles. The van der Waals surface area contributed by atoms with Crippen LogP contribution in [0.25, 0.3) is 0 Å². The summed E-state index contributed by atoms with van der Waals surface area (Å²) in [4.78, 5) is 13.2. The van der Waals surface area contributed by atoms with Crippen LogP contribution in [0.5, 0.6) is 0 Å². The molecule has 0 atom stereocenters. The highest BCUT2D eigenvalue weighted by molar-refractivity contribution is 5.76. The topological polar surface area (TPSA) is 50.2 Å². The Kier molecular flexibility index (Phi) is 5.17. The Morgan fingerprint density at radius 1 is 1.22 bits per heavy atom. The molecule has 98 valence electrons. The molecule has 0 radical (unpaired) electrons. The van der Waals surface area contributed by atoms with Crippen LogP contribution in [0.4, 0.5) is 0 Å². The minimum atomic E-state index is 0.183. The molecule has 1 aliphatic rings. The van der Waals surface area contributed by atoms with Gasteiger partial charge in [0.25, 0.3) is 5.91 Å². The van der Waals surface area contributed by atoms with Crippen LogP contribution in [0.1, 0.15) is 5.56 Å². The molecular weight excluding hydrogens is 226 g/mol. The molecule has 2 rings (SSSR count). The number of amides is 1. The van der Waals surface area contributed by atoms with Crippen LogP contribution in [0.15, 0.2) is 30.3 Å². The molecule has 0 spiro atoms. The molecule has 4 heteroatoms. The standard InChI is InChI=1S/C14H21N3O/c18-14(12-17-10-8-15-9-11-17)16-7-6-13-4-2-1-3-5-13/h1-5,15H,6-12H2,(H,16,18)/p+2. The molecule has 4 N–H and O–H groups in total. The zero-order chi connectivity index (χ0) is 12.6. The first kappa shape index (κ1) is 13.1. The highest BCUT2D eigenvalue weighted by Crippen LogP contribution is 1.97. The summed E-state index contributed by atoms with van der Waals surface area (Å²) in [5, 5.41) is 5.32. The van der Waals surface area contributed by atoms with Gasteiger partial charge in [-0.1, -0.05) is 30.3 Å². The molecule has 1 aromatic carbocycles. The summed E-state index contributed by atoms with van der Waals surface area (Å²) in [5.74, 6) is 0.183. The number of carbonyl (C=O) groups is 1. The predicted octanol–water partition coefficient (Wildman–Crippen LogP) is -2.19. The summed E-state index contributed by atoms with van der Waals surface area (Å²) in [5.41, 5.74) is 1.28. The number of hydrogen-bond acceptors (Lipinski definition) is 1. The van der Waals surface area contributed by atoms with Gasteiger partial charge in [-0.25, -0.2) is 0 Å². The minimum absolute atomic E-state index is 0.183. The second kappa shape index (κ2) is 7.13. The average Bonchev–Trinajstić information content (AvgIpc) is 2.41. The summed E-state index contributed by atoms with van der Waals surface area (Å²) >= 11 is 0. The summed E-state index contributed by atoms with van der Waals surface area (Å²) < 4.78 is 0. The molecule has 1 saturated heterocycles. The van der Waals surface area contributed by atoms with Crippen molar-refractivity contribution in [3.63, 3.8) is 0 Å². The van der Waals surface area contributed by atoms with Gasteiger partial charge in [0.2, 0.25) is 0 Å². The Morgan fingerprint density at radius 3 is 2.67 bits per heavy atom. The van der Waals surface area contributed by atoms with Gasteiger partial charge in [-0.15, -0.1) is 0 Å². The molecule has 1 aliphatic heterocycles. The van der Waals surface area contributed by atoms with Gasteiger partial charge in [-0.3, -0.25) is 4.79 Å². The SMILES string of the molecule is O=C(C[NH+]1CC[NH2+]CC1)NCCc1ccccc1. The molecule has 1 amide bonds. The Balaban J connectivity index is 1.62. The van der Waals surface area contributed by atoms with Crippen LogP contribution in [0.3, 0.4) is 0 Å². The van der Waals surface area contributed by atoms with Gasteiger partial charge in [0, 0.05) is 6.54 Å². The highest BCUT2D eigenvalue weighted by Gasteiger charge is 2.18. The van der Waals surface area contributed by atoms with Gasteiger partial charge < -0.3 is 15.5 Å². The summed E-state index contributed by atoms with van der Waals surface area (Å²) in [6, 6.07) is 10.3. The lowest BCUT2D eigenvalue weighted by molar-refractivity contribution is -0.940. The molecule has 0 aliphatic carbocycles. The third-order valence-corrected chi connectivity index (χ3v) is 3.39. The predicted molar refractivity (Wildman–Crippen MR) is 70.4 cm³/mol. The maximum absolute atomic E-state index is 11.8. The van der Waals surface area contributed by atoms with Crippen LogP contribution in [-0.4, -0.2) is 45.2 Å². The zero-order valence-corrected chi connectivity index (χ0v) is 10.8. The largest absolute Gasteiger partial charge is 0.351 e. The van der Waals surface area contributed by atoms with E-state index in [0.717, 1.165) is 39.1 Å². The van der Waals surface area contributed by atoms with E-state index in [-0.39, 0.29) is 5.91 Å². The number of nitrogens with two attached hydrogens (primary N) is 1. The first-order valence-corrected chi connectivity index (χ1v) is 6.80. The number of rotatable bonds is 5. The van der Waals surface area contributed by atoms with E-state index in [1.54, 1.807) is 0 Å². The second-order valence-electron chi connectivity index (χ2n) is 4.88. The van der Waals surface area contributed by atoms with Gasteiger partial charge >= 0.3 is 0 Å². The number of carbonyl (C=O) groups excluding carboxylic acids is 1. The van der Waals surface area contributed by atoms with Crippen LogP contribution in [0, 0.1) is 0 Å². The molecule has 1 aromatic rings. The van der Waals surface area contributed by atoms with E-state index in [1.807, 2.05) is 18.2 Å². The van der Waals surface area contributed by atoms with Crippen molar-refractivity contribution in [2.45, 2.75) is 6.42 Å². The van der Waals surface area contributed by atoms with Crippen LogP contribution < -0.4 is 15.5 Å². The number of quaternary nitrogens is 2. The van der Waals surface area contributed by atoms with E-state index >= 15 is 0 Å². The van der Waals surface area contributed by atoms with Crippen LogP contribution >= 0.6 is 0 Å². The molecule has 0 saturated carbocycles. The maximum atomic E-state index is 11.8. The zero-order valence-electron chi connectivity index (χ0n) is 10.8. The molecule has 0 bridgehead atoms. The van der Waals surface area contributed by atoms with Crippen molar-refractivity contribution in [3.05, 3.63) is 35.9 Å². The van der Waals surface area contributed by atoms with Gasteiger partial charge in [0.1, 0.15) is 26.2 Å². The Hall–Kier alpha value is -1.39. The van der Waals surface area contributed by atoms with Crippen molar-refractivity contribution in [2.24, 2.45) is 0 Å². The molecular formula is C14H23N3O+2. The van der Waals surface area contributed by atoms with E-state index in [4.69, 9.17) is 0 Å². The van der Waals surface area contributed by atoms with E-state index in [1.165, 1.54) is 10.5 Å². The van der Waals surface area contributed by atoms with Crippen molar-refractivity contribution < 1.29 is 15.0 Å². The quantitative estimate of drug-likeness (QED) is 0.545. The minimum Gasteiger partial charge on any atom is -0.351 e. The fourth-order valence-electron chi connectivity index (χ4n) is 2.34. The number of hydrogen-bond donors (Lipinski definition) is 3. The smallest absolute Gasteiger partial charge is 0.275 e. The van der Waals surface area contributed by atoms with E-state index in [0.29, 0.717) is 6.54 Å². The van der Waals surface area contributed by atoms with Crippen molar-refractivity contribution in [1.29, 1.82) is 0 Å². The molecule has 18 heavy (non-hydrogen) atoms. The third-order valence-electron chi connectivity index (χ3n) is 3.39. The van der Waals surface area contributed by atoms with Gasteiger partial charge in [-0.2, -0.15) is 0 Å². The fraction of sp³-hybridized carbons (Fsp3) is 0.500. The molecule has 0 unspecified atom stereocenters. The summed E-state index contributed by atoms with van der Waals surface area (Å²) in [7, 11) is 0. The van der Waals surface area contributed by atoms with Gasteiger partial charge in [-0.05, 0) is 12.0 Å². The first-order valence-electron chi connectivity index (χ1n) is 6.80. The number of nitrogens with one attached hydrogen (secondary N) is 2. The van der Waals surface area contributed by atoms with Gasteiger partial charge in [0.15, 0.2) is 6.54 Å². The van der Waals surface area contributed by atoms with Crippen LogP contribution in [-0.2, 0) is 11.2 Å². The van der Waals surface area contributed by atoms with E-state index < -0.39 is 0 Å². The lowest BCUT2D eigenvalue weighted by Crippen LogP contribution is -3.21. The van der Waals surface area contributed by atoms with Crippen LogP contribution in [0.2, 0.25) is 0 Å². The summed E-state index contributed by atoms with van der Waals surface area (Å²) in [6.45, 7) is 5.86. The van der Waals surface area contributed by atoms with E-state index in [2.05, 4.69) is 22.8 Å². The third kappa shape index (κ3) is 4.47. The Morgan fingerprint density at radius 2 is 1.94 bits per heavy atom. The Labute approximate surface area is 108 Å². The molecule has 1 heterocycles. The molecule has 4 nitrogen and oxygen atoms in total. The van der Waals surface area contributed by atoms with Crippen molar-refractivity contribution in [1.82, 2.24) is 5.32 Å². The molecule has 1 fully saturated rings.